The normalized spacial score (nSPS) is 10.1. The number of fused-ring (bicyclic) bond motifs is 1. The van der Waals surface area contributed by atoms with Crippen molar-refractivity contribution >= 4 is 48.4 Å². The van der Waals surface area contributed by atoms with Crippen LogP contribution in [0.2, 0.25) is 0 Å². The molecule has 0 aliphatic rings. The minimum atomic E-state index is -0.0134. The van der Waals surface area contributed by atoms with Crippen molar-refractivity contribution in [2.45, 2.75) is 0 Å². The van der Waals surface area contributed by atoms with Crippen molar-refractivity contribution in [2.24, 2.45) is 0 Å². The fourth-order valence-electron chi connectivity index (χ4n) is 1.62. The van der Waals surface area contributed by atoms with Crippen LogP contribution in [-0.4, -0.2) is 5.78 Å². The predicted octanol–water partition coefficient (Wildman–Crippen LogP) is 4.65. The lowest BCUT2D eigenvalue weighted by Crippen LogP contribution is -1.95. The van der Waals surface area contributed by atoms with Gasteiger partial charge in [-0.15, -0.1) is 0 Å². The van der Waals surface area contributed by atoms with Gasteiger partial charge in [-0.05, 0) is 42.6 Å². The molecule has 0 heterocycles. The average Bonchev–Trinajstić information content (AvgIpc) is 2.27. The molecule has 3 heteroatoms. The summed E-state index contributed by atoms with van der Waals surface area (Å²) >= 11 is 6.39. The first kappa shape index (κ1) is 11.6. The molecule has 0 radical (unpaired) electrons. The Hall–Kier alpha value is -0.930. The van der Waals surface area contributed by atoms with Crippen molar-refractivity contribution in [3.8, 4) is 0 Å². The zero-order chi connectivity index (χ0) is 11.5. The summed E-state index contributed by atoms with van der Waals surface area (Å²) in [4.78, 5) is 11.9. The molecule has 2 rings (SSSR count). The second kappa shape index (κ2) is 4.93. The van der Waals surface area contributed by atoms with Crippen molar-refractivity contribution < 1.29 is 4.79 Å². The smallest absolute Gasteiger partial charge is 0.188 e. The molecule has 0 amide bonds. The Morgan fingerprint density at radius 3 is 2.44 bits per heavy atom. The van der Waals surface area contributed by atoms with E-state index >= 15 is 0 Å². The Kier molecular flexibility index (Phi) is 3.56. The van der Waals surface area contributed by atoms with E-state index < -0.39 is 0 Å². The van der Waals surface area contributed by atoms with Crippen LogP contribution < -0.4 is 0 Å². The molecule has 0 atom stereocenters. The van der Waals surface area contributed by atoms with E-state index in [1.807, 2.05) is 42.5 Å². The molecule has 0 aromatic heterocycles. The van der Waals surface area contributed by atoms with Crippen molar-refractivity contribution in [3.05, 3.63) is 57.5 Å². The Balaban J connectivity index is 2.61. The number of hydrogen-bond acceptors (Lipinski definition) is 1. The number of carbonyl (C=O) groups is 1. The summed E-state index contributed by atoms with van der Waals surface area (Å²) in [5, 5.41) is 2.06. The van der Waals surface area contributed by atoms with Gasteiger partial charge in [-0.25, -0.2) is 0 Å². The van der Waals surface area contributed by atoms with Crippen LogP contribution in [0.1, 0.15) is 10.4 Å². The van der Waals surface area contributed by atoms with Gasteiger partial charge in [0.15, 0.2) is 5.78 Å². The van der Waals surface area contributed by atoms with E-state index in [-0.39, 0.29) is 5.78 Å². The van der Waals surface area contributed by atoms with Crippen LogP contribution in [0.15, 0.2) is 51.9 Å². The number of halogens is 2. The first-order chi connectivity index (χ1) is 7.68. The average molecular weight is 340 g/mol. The van der Waals surface area contributed by atoms with Crippen LogP contribution in [0.3, 0.4) is 0 Å². The van der Waals surface area contributed by atoms with Crippen LogP contribution >= 0.6 is 31.9 Å². The molecule has 1 nitrogen and oxygen atoms in total. The second-order valence-corrected chi connectivity index (χ2v) is 6.10. The Labute approximate surface area is 110 Å². The molecule has 0 N–H and O–H groups in total. The van der Waals surface area contributed by atoms with Crippen molar-refractivity contribution in [1.29, 1.82) is 0 Å². The second-order valence-electron chi connectivity index (χ2n) is 3.32. The van der Waals surface area contributed by atoms with E-state index in [1.54, 1.807) is 0 Å². The van der Waals surface area contributed by atoms with Crippen LogP contribution in [0, 0.1) is 0 Å². The van der Waals surface area contributed by atoms with Gasteiger partial charge < -0.3 is 0 Å². The van der Waals surface area contributed by atoms with Gasteiger partial charge in [0.05, 0.1) is 3.39 Å². The third-order valence-electron chi connectivity index (χ3n) is 2.30. The van der Waals surface area contributed by atoms with Gasteiger partial charge in [0.1, 0.15) is 0 Å². The summed E-state index contributed by atoms with van der Waals surface area (Å²) in [6.45, 7) is 0. The van der Waals surface area contributed by atoms with Crippen LogP contribution in [-0.2, 0) is 0 Å². The highest BCUT2D eigenvalue weighted by Gasteiger charge is 2.07. The zero-order valence-electron chi connectivity index (χ0n) is 8.28. The van der Waals surface area contributed by atoms with Gasteiger partial charge in [0, 0.05) is 11.6 Å². The zero-order valence-corrected chi connectivity index (χ0v) is 11.5. The lowest BCUT2D eigenvalue weighted by Gasteiger charge is -2.02. The minimum absolute atomic E-state index is 0.0134. The van der Waals surface area contributed by atoms with Gasteiger partial charge in [-0.1, -0.05) is 42.5 Å². The Morgan fingerprint density at radius 2 is 1.69 bits per heavy atom. The van der Waals surface area contributed by atoms with E-state index in [1.165, 1.54) is 6.08 Å². The van der Waals surface area contributed by atoms with Crippen LogP contribution in [0.5, 0.6) is 0 Å². The van der Waals surface area contributed by atoms with E-state index in [4.69, 9.17) is 0 Å². The first-order valence-electron chi connectivity index (χ1n) is 4.73. The molecule has 0 aliphatic heterocycles. The molecule has 16 heavy (non-hydrogen) atoms. The maximum Gasteiger partial charge on any atom is 0.188 e. The molecule has 0 spiro atoms. The molecule has 0 saturated carbocycles. The quantitative estimate of drug-likeness (QED) is 0.574. The topological polar surface area (TPSA) is 17.1 Å². The Morgan fingerprint density at radius 1 is 1.00 bits per heavy atom. The Bertz CT molecular complexity index is 564. The van der Waals surface area contributed by atoms with Gasteiger partial charge >= 0.3 is 0 Å². The maximum absolute atomic E-state index is 11.9. The van der Waals surface area contributed by atoms with E-state index in [0.29, 0.717) is 3.39 Å². The van der Waals surface area contributed by atoms with Gasteiger partial charge in [0.2, 0.25) is 0 Å². The third kappa shape index (κ3) is 2.42. The van der Waals surface area contributed by atoms with Crippen molar-refractivity contribution in [3.63, 3.8) is 0 Å². The molecular formula is C13H8Br2O. The summed E-state index contributed by atoms with van der Waals surface area (Å²) in [6.07, 6.45) is 1.52. The van der Waals surface area contributed by atoms with Gasteiger partial charge in [-0.3, -0.25) is 4.79 Å². The summed E-state index contributed by atoms with van der Waals surface area (Å²) in [5.74, 6) is -0.0134. The largest absolute Gasteiger partial charge is 0.289 e. The molecule has 0 saturated heterocycles. The summed E-state index contributed by atoms with van der Waals surface area (Å²) < 4.78 is 0.651. The molecule has 2 aromatic carbocycles. The number of ketones is 1. The van der Waals surface area contributed by atoms with Gasteiger partial charge in [-0.2, -0.15) is 0 Å². The number of carbonyl (C=O) groups excluding carboxylic acids is 1. The highest BCUT2D eigenvalue weighted by molar-refractivity contribution is 9.28. The predicted molar refractivity (Wildman–Crippen MR) is 74.2 cm³/mol. The van der Waals surface area contributed by atoms with E-state index in [2.05, 4.69) is 31.9 Å². The first-order valence-corrected chi connectivity index (χ1v) is 6.32. The molecule has 2 aromatic rings. The summed E-state index contributed by atoms with van der Waals surface area (Å²) in [6, 6.07) is 13.6. The summed E-state index contributed by atoms with van der Waals surface area (Å²) in [5.41, 5.74) is 0.717. The van der Waals surface area contributed by atoms with Gasteiger partial charge in [0.25, 0.3) is 0 Å². The number of benzene rings is 2. The molecule has 0 fully saturated rings. The fraction of sp³-hybridized carbons (Fsp3) is 0. The lowest BCUT2D eigenvalue weighted by atomic mass is 10.0. The number of rotatable bonds is 2. The monoisotopic (exact) mass is 338 g/mol. The minimum Gasteiger partial charge on any atom is -0.289 e. The fourth-order valence-corrected chi connectivity index (χ4v) is 2.03. The van der Waals surface area contributed by atoms with E-state index in [9.17, 15) is 4.79 Å². The standard InChI is InChI=1S/C13H8Br2O/c14-13(15)8-12(16)11-7-3-5-9-4-1-2-6-10(9)11/h1-8H. The molecule has 80 valence electrons. The number of allylic oxidation sites excluding steroid dienone is 1. The SMILES string of the molecule is O=C(C=C(Br)Br)c1cccc2ccccc12. The van der Waals surface area contributed by atoms with Crippen LogP contribution in [0.4, 0.5) is 0 Å². The third-order valence-corrected chi connectivity index (χ3v) is 2.75. The van der Waals surface area contributed by atoms with Crippen LogP contribution in [0.25, 0.3) is 10.8 Å². The lowest BCUT2D eigenvalue weighted by molar-refractivity contribution is 0.104. The highest BCUT2D eigenvalue weighted by Crippen LogP contribution is 2.21. The highest BCUT2D eigenvalue weighted by atomic mass is 79.9. The summed E-state index contributed by atoms with van der Waals surface area (Å²) in [7, 11) is 0. The van der Waals surface area contributed by atoms with Crippen molar-refractivity contribution in [2.75, 3.05) is 0 Å². The molecular weight excluding hydrogens is 332 g/mol. The van der Waals surface area contributed by atoms with Crippen molar-refractivity contribution in [1.82, 2.24) is 0 Å². The molecule has 0 unspecified atom stereocenters. The number of hydrogen-bond donors (Lipinski definition) is 0. The molecule has 0 aliphatic carbocycles. The maximum atomic E-state index is 11.9. The van der Waals surface area contributed by atoms with E-state index in [0.717, 1.165) is 16.3 Å². The molecule has 0 bridgehead atoms.